The molecule has 2 N–H and O–H groups in total. The maximum Gasteiger partial charge on any atom is 0.230 e. The van der Waals surface area contributed by atoms with Crippen molar-refractivity contribution < 1.29 is 41.2 Å². The first-order valence-electron chi connectivity index (χ1n) is 8.72. The standard InChI is InChI=1S/C21H20N2O4.BrH/c1-12-18-9-23(27-11-15(25)10-26-3)7-6-16(18)13(2)21-20(12)17-8-14(24)4-5-19(17)22-21;/h4-9,24H,10-11H2,1-3H3;1H. The van der Waals surface area contributed by atoms with Crippen LogP contribution in [0.4, 0.5) is 0 Å². The third kappa shape index (κ3) is 3.31. The number of aromatic nitrogens is 2. The van der Waals surface area contributed by atoms with Gasteiger partial charge in [0.15, 0.2) is 0 Å². The Morgan fingerprint density at radius 2 is 1.89 bits per heavy atom. The van der Waals surface area contributed by atoms with Crippen LogP contribution in [-0.2, 0) is 9.53 Å². The Kier molecular flexibility index (Phi) is 5.58. The number of pyridine rings is 1. The maximum absolute atomic E-state index is 11.6. The molecule has 6 nitrogen and oxygen atoms in total. The van der Waals surface area contributed by atoms with E-state index in [1.807, 2.05) is 18.3 Å². The number of rotatable bonds is 5. The number of benzene rings is 2. The minimum absolute atomic E-state index is 0. The van der Waals surface area contributed by atoms with E-state index in [0.717, 1.165) is 43.7 Å². The van der Waals surface area contributed by atoms with Gasteiger partial charge in [-0.2, -0.15) is 0 Å². The first-order valence-corrected chi connectivity index (χ1v) is 8.72. The molecule has 2 aromatic heterocycles. The summed E-state index contributed by atoms with van der Waals surface area (Å²) in [5.41, 5.74) is 4.26. The zero-order chi connectivity index (χ0) is 19.1. The number of aromatic hydroxyl groups is 1. The smallest absolute Gasteiger partial charge is 0.230 e. The van der Waals surface area contributed by atoms with Crippen molar-refractivity contribution in [2.24, 2.45) is 0 Å². The number of fused-ring (bicyclic) bond motifs is 4. The summed E-state index contributed by atoms with van der Waals surface area (Å²) in [6.45, 7) is 4.12. The summed E-state index contributed by atoms with van der Waals surface area (Å²) in [4.78, 5) is 20.7. The van der Waals surface area contributed by atoms with E-state index in [1.165, 1.54) is 7.11 Å². The van der Waals surface area contributed by atoms with E-state index in [0.29, 0.717) is 0 Å². The van der Waals surface area contributed by atoms with Crippen molar-refractivity contribution in [3.05, 3.63) is 47.8 Å². The number of nitrogens with one attached hydrogen (secondary N) is 1. The van der Waals surface area contributed by atoms with Crippen LogP contribution in [0.2, 0.25) is 0 Å². The summed E-state index contributed by atoms with van der Waals surface area (Å²) in [6.07, 6.45) is 3.69. The molecule has 0 spiro atoms. The van der Waals surface area contributed by atoms with Gasteiger partial charge in [0.2, 0.25) is 24.8 Å². The maximum atomic E-state index is 11.6. The van der Waals surface area contributed by atoms with Gasteiger partial charge in [0.1, 0.15) is 12.4 Å². The van der Waals surface area contributed by atoms with Gasteiger partial charge in [-0.25, -0.2) is 0 Å². The number of carbonyl (C=O) groups excluding carboxylic acids is 1. The second-order valence-corrected chi connectivity index (χ2v) is 6.73. The molecular formula is C21H21BrN2O4. The molecular weight excluding hydrogens is 424 g/mol. The quantitative estimate of drug-likeness (QED) is 0.415. The second kappa shape index (κ2) is 7.77. The average molecular weight is 445 g/mol. The summed E-state index contributed by atoms with van der Waals surface area (Å²) < 4.78 is 6.38. The molecule has 7 heteroatoms. The number of phenols is 1. The van der Waals surface area contributed by atoms with Crippen LogP contribution < -0.4 is 26.5 Å². The molecule has 146 valence electrons. The Labute approximate surface area is 172 Å². The van der Waals surface area contributed by atoms with Gasteiger partial charge >= 0.3 is 0 Å². The summed E-state index contributed by atoms with van der Waals surface area (Å²) in [7, 11) is 1.48. The fraction of sp³-hybridized carbons (Fsp3) is 0.238. The largest absolute Gasteiger partial charge is 1.00 e. The van der Waals surface area contributed by atoms with Crippen LogP contribution in [0.5, 0.6) is 5.75 Å². The van der Waals surface area contributed by atoms with E-state index in [2.05, 4.69) is 18.8 Å². The molecule has 0 radical (unpaired) electrons. The van der Waals surface area contributed by atoms with Crippen molar-refractivity contribution in [1.82, 2.24) is 4.98 Å². The summed E-state index contributed by atoms with van der Waals surface area (Å²) in [5, 5.41) is 14.1. The number of hydrogen-bond acceptors (Lipinski definition) is 4. The number of carbonyl (C=O) groups is 1. The summed E-state index contributed by atoms with van der Waals surface area (Å²) >= 11 is 0. The molecule has 2 heterocycles. The minimum Gasteiger partial charge on any atom is -1.00 e. The Morgan fingerprint density at radius 1 is 1.11 bits per heavy atom. The number of methoxy groups -OCH3 is 1. The molecule has 4 rings (SSSR count). The Hall–Kier alpha value is -2.64. The van der Waals surface area contributed by atoms with Crippen LogP contribution in [0.25, 0.3) is 32.6 Å². The zero-order valence-corrected chi connectivity index (χ0v) is 17.5. The van der Waals surface area contributed by atoms with E-state index in [4.69, 9.17) is 9.57 Å². The molecule has 0 aliphatic carbocycles. The normalized spacial score (nSPS) is 11.1. The topological polar surface area (TPSA) is 75.4 Å². The molecule has 0 bridgehead atoms. The molecule has 0 saturated carbocycles. The Bertz CT molecular complexity index is 1200. The molecule has 4 aromatic rings. The number of aromatic amines is 1. The number of aryl methyl sites for hydroxylation is 2. The highest BCUT2D eigenvalue weighted by atomic mass is 79.9. The highest BCUT2D eigenvalue weighted by molar-refractivity contribution is 6.16. The van der Waals surface area contributed by atoms with Gasteiger partial charge in [-0.15, -0.1) is 0 Å². The molecule has 0 atom stereocenters. The average Bonchev–Trinajstić information content (AvgIpc) is 3.03. The van der Waals surface area contributed by atoms with Crippen molar-refractivity contribution in [3.8, 4) is 5.75 Å². The third-order valence-corrected chi connectivity index (χ3v) is 4.95. The summed E-state index contributed by atoms with van der Waals surface area (Å²) in [5.74, 6) is 0.115. The van der Waals surface area contributed by atoms with Crippen LogP contribution in [0.3, 0.4) is 0 Å². The van der Waals surface area contributed by atoms with Crippen molar-refractivity contribution in [3.63, 3.8) is 0 Å². The van der Waals surface area contributed by atoms with E-state index in [1.54, 1.807) is 23.1 Å². The van der Waals surface area contributed by atoms with Crippen molar-refractivity contribution in [1.29, 1.82) is 0 Å². The van der Waals surface area contributed by atoms with E-state index < -0.39 is 0 Å². The molecule has 0 unspecified atom stereocenters. The van der Waals surface area contributed by atoms with Crippen LogP contribution in [0.1, 0.15) is 11.1 Å². The molecule has 0 amide bonds. The lowest BCUT2D eigenvalue weighted by Crippen LogP contribution is -3.00. The first-order chi connectivity index (χ1) is 13.0. The van der Waals surface area contributed by atoms with Gasteiger partial charge in [-0.3, -0.25) is 9.63 Å². The fourth-order valence-electron chi connectivity index (χ4n) is 3.65. The fourth-order valence-corrected chi connectivity index (χ4v) is 3.65. The predicted molar refractivity (Wildman–Crippen MR) is 103 cm³/mol. The van der Waals surface area contributed by atoms with Crippen LogP contribution in [-0.4, -0.2) is 36.2 Å². The van der Waals surface area contributed by atoms with Gasteiger partial charge in [0.05, 0.1) is 10.9 Å². The molecule has 0 aliphatic heterocycles. The summed E-state index contributed by atoms with van der Waals surface area (Å²) in [6, 6.07) is 7.34. The lowest BCUT2D eigenvalue weighted by atomic mass is 9.97. The second-order valence-electron chi connectivity index (χ2n) is 6.73. The van der Waals surface area contributed by atoms with Gasteiger partial charge in [0, 0.05) is 34.2 Å². The molecule has 0 saturated heterocycles. The van der Waals surface area contributed by atoms with Crippen LogP contribution >= 0.6 is 0 Å². The van der Waals surface area contributed by atoms with Crippen LogP contribution in [0.15, 0.2) is 36.7 Å². The molecule has 0 aliphatic rings. The molecule has 2 aromatic carbocycles. The van der Waals surface area contributed by atoms with Crippen molar-refractivity contribution >= 4 is 38.4 Å². The number of nitrogens with zero attached hydrogens (tertiary/aromatic N) is 1. The third-order valence-electron chi connectivity index (χ3n) is 4.95. The van der Waals surface area contributed by atoms with Gasteiger partial charge in [-0.1, -0.05) is 0 Å². The highest BCUT2D eigenvalue weighted by Crippen LogP contribution is 2.36. The van der Waals surface area contributed by atoms with Gasteiger partial charge in [0.25, 0.3) is 0 Å². The number of hydrogen-bond donors (Lipinski definition) is 2. The lowest BCUT2D eigenvalue weighted by molar-refractivity contribution is -0.888. The Balaban J connectivity index is 0.00000225. The van der Waals surface area contributed by atoms with Crippen LogP contribution in [0, 0.1) is 13.8 Å². The molecule has 28 heavy (non-hydrogen) atoms. The van der Waals surface area contributed by atoms with Crippen molar-refractivity contribution in [2.75, 3.05) is 20.3 Å². The van der Waals surface area contributed by atoms with Crippen molar-refractivity contribution in [2.45, 2.75) is 13.8 Å². The van der Waals surface area contributed by atoms with E-state index >= 15 is 0 Å². The van der Waals surface area contributed by atoms with Gasteiger partial charge < -0.3 is 31.8 Å². The number of ketones is 1. The van der Waals surface area contributed by atoms with E-state index in [-0.39, 0.29) is 41.7 Å². The first kappa shape index (κ1) is 20.1. The number of H-pyrrole nitrogens is 1. The van der Waals surface area contributed by atoms with Gasteiger partial charge in [-0.05, 0) is 48.6 Å². The lowest BCUT2D eigenvalue weighted by Gasteiger charge is -2.08. The number of ether oxygens (including phenoxy) is 1. The Morgan fingerprint density at radius 3 is 2.64 bits per heavy atom. The number of phenolic OH excluding ortho intramolecular Hbond substituents is 1. The number of halogens is 1. The monoisotopic (exact) mass is 444 g/mol. The predicted octanol–water partition coefficient (Wildman–Crippen LogP) is -0.268. The number of Topliss-reactive ketones (excluding diaryl/α,β-unsaturated/α-hetero) is 1. The zero-order valence-electron chi connectivity index (χ0n) is 15.9. The van der Waals surface area contributed by atoms with E-state index in [9.17, 15) is 9.90 Å². The SMILES string of the molecule is COCC(=O)CO[n+]1ccc2c(C)c3[nH]c4ccc(O)cc4c3c(C)c2c1.[Br-]. The minimum atomic E-state index is -0.124. The highest BCUT2D eigenvalue weighted by Gasteiger charge is 2.18. The molecule has 0 fully saturated rings.